The van der Waals surface area contributed by atoms with E-state index in [4.69, 9.17) is 4.74 Å². The highest BCUT2D eigenvalue weighted by molar-refractivity contribution is 5.72. The Kier molecular flexibility index (Phi) is 5.17. The van der Waals surface area contributed by atoms with Gasteiger partial charge in [0.25, 0.3) is 0 Å². The molecule has 0 saturated carbocycles. The summed E-state index contributed by atoms with van der Waals surface area (Å²) in [4.78, 5) is 11.5. The summed E-state index contributed by atoms with van der Waals surface area (Å²) in [5.74, 6) is 0.606. The lowest BCUT2D eigenvalue weighted by molar-refractivity contribution is -0.159. The van der Waals surface area contributed by atoms with Gasteiger partial charge in [-0.1, -0.05) is 27.2 Å². The zero-order chi connectivity index (χ0) is 11.4. The van der Waals surface area contributed by atoms with E-state index in [1.165, 1.54) is 0 Å². The molecule has 0 N–H and O–H groups in total. The fourth-order valence-corrected chi connectivity index (χ4v) is 1.10. The Hall–Kier alpha value is -0.530. The molecule has 1 unspecified atom stereocenters. The van der Waals surface area contributed by atoms with Gasteiger partial charge in [-0.3, -0.25) is 4.79 Å². The number of esters is 1. The predicted molar refractivity (Wildman–Crippen MR) is 59.1 cm³/mol. The van der Waals surface area contributed by atoms with Gasteiger partial charge in [0.2, 0.25) is 0 Å². The van der Waals surface area contributed by atoms with Crippen LogP contribution >= 0.6 is 0 Å². The number of ether oxygens (including phenoxy) is 1. The van der Waals surface area contributed by atoms with Crippen LogP contribution in [0.25, 0.3) is 0 Å². The van der Waals surface area contributed by atoms with Crippen molar-refractivity contribution in [1.82, 2.24) is 0 Å². The molecular weight excluding hydrogens is 176 g/mol. The van der Waals surface area contributed by atoms with E-state index in [1.54, 1.807) is 0 Å². The molecule has 0 aliphatic rings. The normalized spacial score (nSPS) is 14.2. The summed E-state index contributed by atoms with van der Waals surface area (Å²) < 4.78 is 5.29. The molecule has 0 aromatic rings. The van der Waals surface area contributed by atoms with Crippen LogP contribution in [-0.2, 0) is 9.53 Å². The van der Waals surface area contributed by atoms with E-state index < -0.39 is 0 Å². The largest absolute Gasteiger partial charge is 0.460 e. The lowest BCUT2D eigenvalue weighted by Crippen LogP contribution is -2.27. The minimum atomic E-state index is -0.358. The summed E-state index contributed by atoms with van der Waals surface area (Å²) >= 11 is 0. The summed E-state index contributed by atoms with van der Waals surface area (Å²) in [5.41, 5.74) is -0.358. The van der Waals surface area contributed by atoms with E-state index in [2.05, 4.69) is 13.8 Å². The zero-order valence-electron chi connectivity index (χ0n) is 10.4. The van der Waals surface area contributed by atoms with E-state index in [0.717, 1.165) is 12.8 Å². The molecule has 14 heavy (non-hydrogen) atoms. The number of hydrogen-bond acceptors (Lipinski definition) is 2. The van der Waals surface area contributed by atoms with Crippen LogP contribution in [0.3, 0.4) is 0 Å². The standard InChI is InChI=1S/C12H24O2/c1-9(2)7-8-10(3)11(13)14-12(4,5)6/h9-10H,7-8H2,1-6H3. The van der Waals surface area contributed by atoms with Gasteiger partial charge in [-0.25, -0.2) is 0 Å². The topological polar surface area (TPSA) is 26.3 Å². The molecule has 0 spiro atoms. The first-order valence-electron chi connectivity index (χ1n) is 5.45. The molecule has 2 heteroatoms. The van der Waals surface area contributed by atoms with Crippen LogP contribution in [0.2, 0.25) is 0 Å². The van der Waals surface area contributed by atoms with Crippen LogP contribution in [0.15, 0.2) is 0 Å². The number of rotatable bonds is 4. The predicted octanol–water partition coefficient (Wildman–Crippen LogP) is 3.40. The van der Waals surface area contributed by atoms with Gasteiger partial charge in [-0.15, -0.1) is 0 Å². The van der Waals surface area contributed by atoms with E-state index in [9.17, 15) is 4.79 Å². The molecule has 0 aromatic carbocycles. The summed E-state index contributed by atoms with van der Waals surface area (Å²) in [5, 5.41) is 0. The van der Waals surface area contributed by atoms with Crippen LogP contribution in [0.5, 0.6) is 0 Å². The Labute approximate surface area is 88.0 Å². The smallest absolute Gasteiger partial charge is 0.309 e. The molecule has 1 atom stereocenters. The van der Waals surface area contributed by atoms with E-state index >= 15 is 0 Å². The fraction of sp³-hybridized carbons (Fsp3) is 0.917. The number of carbonyl (C=O) groups excluding carboxylic acids is 1. The third kappa shape index (κ3) is 6.93. The second-order valence-electron chi connectivity index (χ2n) is 5.41. The number of carbonyl (C=O) groups is 1. The van der Waals surface area contributed by atoms with Crippen LogP contribution in [0.4, 0.5) is 0 Å². The first-order chi connectivity index (χ1) is 6.22. The van der Waals surface area contributed by atoms with Crippen molar-refractivity contribution in [3.05, 3.63) is 0 Å². The molecule has 0 heterocycles. The highest BCUT2D eigenvalue weighted by Gasteiger charge is 2.21. The van der Waals surface area contributed by atoms with Crippen LogP contribution in [0, 0.1) is 11.8 Å². The third-order valence-electron chi connectivity index (χ3n) is 1.99. The van der Waals surface area contributed by atoms with Gasteiger partial charge in [0.05, 0.1) is 5.92 Å². The van der Waals surface area contributed by atoms with Gasteiger partial charge in [0.15, 0.2) is 0 Å². The molecule has 0 saturated heterocycles. The van der Waals surface area contributed by atoms with Crippen LogP contribution in [-0.4, -0.2) is 11.6 Å². The van der Waals surface area contributed by atoms with Gasteiger partial charge in [0, 0.05) is 0 Å². The van der Waals surface area contributed by atoms with Crippen molar-refractivity contribution in [3.8, 4) is 0 Å². The summed E-state index contributed by atoms with van der Waals surface area (Å²) in [6, 6.07) is 0. The minimum Gasteiger partial charge on any atom is -0.460 e. The monoisotopic (exact) mass is 200 g/mol. The molecule has 0 aromatic heterocycles. The molecule has 0 bridgehead atoms. The Morgan fingerprint density at radius 1 is 1.14 bits per heavy atom. The quantitative estimate of drug-likeness (QED) is 0.650. The van der Waals surface area contributed by atoms with E-state index in [-0.39, 0.29) is 17.5 Å². The highest BCUT2D eigenvalue weighted by Crippen LogP contribution is 2.16. The zero-order valence-corrected chi connectivity index (χ0v) is 10.4. The molecule has 0 aliphatic heterocycles. The van der Waals surface area contributed by atoms with Crippen molar-refractivity contribution in [2.75, 3.05) is 0 Å². The van der Waals surface area contributed by atoms with Gasteiger partial charge in [-0.05, 0) is 33.1 Å². The highest BCUT2D eigenvalue weighted by atomic mass is 16.6. The Balaban J connectivity index is 3.88. The SMILES string of the molecule is CC(C)CCC(C)C(=O)OC(C)(C)C. The van der Waals surface area contributed by atoms with Crippen molar-refractivity contribution in [2.24, 2.45) is 11.8 Å². The fourth-order valence-electron chi connectivity index (χ4n) is 1.10. The molecular formula is C12H24O2. The Morgan fingerprint density at radius 3 is 2.00 bits per heavy atom. The lowest BCUT2D eigenvalue weighted by atomic mass is 9.99. The van der Waals surface area contributed by atoms with Crippen LogP contribution in [0.1, 0.15) is 54.4 Å². The maximum Gasteiger partial charge on any atom is 0.309 e. The average molecular weight is 200 g/mol. The van der Waals surface area contributed by atoms with Gasteiger partial charge in [-0.2, -0.15) is 0 Å². The maximum atomic E-state index is 11.5. The average Bonchev–Trinajstić information content (AvgIpc) is 1.96. The molecule has 0 rings (SSSR count). The first kappa shape index (κ1) is 13.5. The van der Waals surface area contributed by atoms with Crippen molar-refractivity contribution >= 4 is 5.97 Å². The van der Waals surface area contributed by atoms with Gasteiger partial charge in [0.1, 0.15) is 5.60 Å². The Morgan fingerprint density at radius 2 is 1.64 bits per heavy atom. The molecule has 0 radical (unpaired) electrons. The second kappa shape index (κ2) is 5.38. The summed E-state index contributed by atoms with van der Waals surface area (Å²) in [6.07, 6.45) is 2.01. The van der Waals surface area contributed by atoms with E-state index in [1.807, 2.05) is 27.7 Å². The lowest BCUT2D eigenvalue weighted by Gasteiger charge is -2.22. The third-order valence-corrected chi connectivity index (χ3v) is 1.99. The maximum absolute atomic E-state index is 11.5. The molecule has 0 amide bonds. The van der Waals surface area contributed by atoms with Crippen LogP contribution < -0.4 is 0 Å². The molecule has 2 nitrogen and oxygen atoms in total. The van der Waals surface area contributed by atoms with Crippen molar-refractivity contribution in [2.45, 2.75) is 60.0 Å². The van der Waals surface area contributed by atoms with Crippen molar-refractivity contribution in [1.29, 1.82) is 0 Å². The Bertz CT molecular complexity index is 177. The minimum absolute atomic E-state index is 0.0247. The van der Waals surface area contributed by atoms with Crippen molar-refractivity contribution in [3.63, 3.8) is 0 Å². The second-order valence-corrected chi connectivity index (χ2v) is 5.41. The van der Waals surface area contributed by atoms with Crippen molar-refractivity contribution < 1.29 is 9.53 Å². The molecule has 0 aliphatic carbocycles. The first-order valence-corrected chi connectivity index (χ1v) is 5.45. The molecule has 0 fully saturated rings. The molecule has 84 valence electrons. The number of hydrogen-bond donors (Lipinski definition) is 0. The summed E-state index contributed by atoms with van der Waals surface area (Å²) in [6.45, 7) is 12.0. The van der Waals surface area contributed by atoms with Gasteiger partial charge >= 0.3 is 5.97 Å². The van der Waals surface area contributed by atoms with E-state index in [0.29, 0.717) is 5.92 Å². The van der Waals surface area contributed by atoms with Gasteiger partial charge < -0.3 is 4.74 Å². The summed E-state index contributed by atoms with van der Waals surface area (Å²) in [7, 11) is 0.